The number of anilines is 1. The van der Waals surface area contributed by atoms with Crippen molar-refractivity contribution < 1.29 is 19.7 Å². The average molecular weight is 393 g/mol. The topological polar surface area (TPSA) is 133 Å². The number of aliphatic hydroxyl groups excluding tert-OH is 2. The van der Waals surface area contributed by atoms with Crippen molar-refractivity contribution in [1.29, 1.82) is 5.26 Å². The lowest BCUT2D eigenvalue weighted by Gasteiger charge is -2.24. The zero-order chi connectivity index (χ0) is 20.6. The Hall–Kier alpha value is -3.32. The predicted molar refractivity (Wildman–Crippen MR) is 102 cm³/mol. The molecule has 0 aliphatic carbocycles. The number of amides is 1. The summed E-state index contributed by atoms with van der Waals surface area (Å²) in [6.45, 7) is 1.80. The smallest absolute Gasteiger partial charge is 0.256 e. The SMILES string of the molecule is CC[C@H]1O[C@@](C#N)(c2ccc3c(NC(=O)c4ccccc4)ncnn23)[C@H](O)[C@@H]1O. The molecule has 4 atom stereocenters. The van der Waals surface area contributed by atoms with Crippen molar-refractivity contribution in [2.75, 3.05) is 5.32 Å². The van der Waals surface area contributed by atoms with E-state index in [9.17, 15) is 20.3 Å². The van der Waals surface area contributed by atoms with Gasteiger partial charge in [-0.3, -0.25) is 4.79 Å². The zero-order valence-electron chi connectivity index (χ0n) is 15.6. The highest BCUT2D eigenvalue weighted by Crippen LogP contribution is 2.41. The molecule has 3 aromatic rings. The lowest BCUT2D eigenvalue weighted by Crippen LogP contribution is -2.40. The van der Waals surface area contributed by atoms with Crippen LogP contribution in [0, 0.1) is 11.3 Å². The number of hydrogen-bond donors (Lipinski definition) is 3. The molecule has 9 nitrogen and oxygen atoms in total. The number of nitrogens with one attached hydrogen (secondary N) is 1. The van der Waals surface area contributed by atoms with Gasteiger partial charge in [0, 0.05) is 5.56 Å². The number of ether oxygens (including phenoxy) is 1. The molecule has 29 heavy (non-hydrogen) atoms. The minimum absolute atomic E-state index is 0.244. The fraction of sp³-hybridized carbons (Fsp3) is 0.300. The van der Waals surface area contributed by atoms with Gasteiger partial charge >= 0.3 is 0 Å². The number of carbonyl (C=O) groups excluding carboxylic acids is 1. The standard InChI is InChI=1S/C20H19N5O4/c1-2-14-16(26)17(27)20(10-21,29-14)15-9-8-13-18(22-11-23-25(13)15)24-19(28)12-6-4-3-5-7-12/h3-9,11,14,16-17,26-27H,2H2,1H3,(H,22,23,24,28)/t14-,16-,17-,20+/m1/s1. The van der Waals surface area contributed by atoms with Gasteiger partial charge in [0.25, 0.3) is 5.91 Å². The van der Waals surface area contributed by atoms with Crippen LogP contribution in [0.3, 0.4) is 0 Å². The summed E-state index contributed by atoms with van der Waals surface area (Å²) < 4.78 is 7.16. The molecule has 1 aliphatic rings. The van der Waals surface area contributed by atoms with E-state index in [4.69, 9.17) is 4.74 Å². The van der Waals surface area contributed by atoms with Gasteiger partial charge in [-0.15, -0.1) is 0 Å². The van der Waals surface area contributed by atoms with Gasteiger partial charge in [0.2, 0.25) is 5.60 Å². The monoisotopic (exact) mass is 393 g/mol. The van der Waals surface area contributed by atoms with Gasteiger partial charge in [0.1, 0.15) is 30.1 Å². The summed E-state index contributed by atoms with van der Waals surface area (Å²) in [5.74, 6) is -0.101. The molecule has 1 aromatic carbocycles. The van der Waals surface area contributed by atoms with E-state index in [-0.39, 0.29) is 17.4 Å². The molecule has 0 radical (unpaired) electrons. The zero-order valence-corrected chi connectivity index (χ0v) is 15.6. The van der Waals surface area contributed by atoms with Crippen LogP contribution in [0.2, 0.25) is 0 Å². The Bertz CT molecular complexity index is 1090. The quantitative estimate of drug-likeness (QED) is 0.607. The summed E-state index contributed by atoms with van der Waals surface area (Å²) in [6.07, 6.45) is -1.68. The van der Waals surface area contributed by atoms with Crippen LogP contribution in [0.4, 0.5) is 5.82 Å². The van der Waals surface area contributed by atoms with E-state index in [0.29, 0.717) is 17.5 Å². The van der Waals surface area contributed by atoms with E-state index >= 15 is 0 Å². The van der Waals surface area contributed by atoms with Gasteiger partial charge in [-0.05, 0) is 30.7 Å². The molecule has 9 heteroatoms. The Labute approximate surface area is 166 Å². The average Bonchev–Trinajstić information content (AvgIpc) is 3.30. The molecule has 148 valence electrons. The van der Waals surface area contributed by atoms with Gasteiger partial charge in [-0.1, -0.05) is 25.1 Å². The number of nitrogens with zero attached hydrogens (tertiary/aromatic N) is 4. The van der Waals surface area contributed by atoms with Crippen LogP contribution in [-0.2, 0) is 10.3 Å². The Morgan fingerprint density at radius 1 is 1.31 bits per heavy atom. The maximum Gasteiger partial charge on any atom is 0.256 e. The van der Waals surface area contributed by atoms with Crippen LogP contribution in [0.5, 0.6) is 0 Å². The maximum atomic E-state index is 12.5. The first-order valence-corrected chi connectivity index (χ1v) is 9.16. The highest BCUT2D eigenvalue weighted by atomic mass is 16.6. The second-order valence-electron chi connectivity index (χ2n) is 6.79. The molecule has 1 aliphatic heterocycles. The van der Waals surface area contributed by atoms with Crippen LogP contribution in [-0.4, -0.2) is 49.0 Å². The highest BCUT2D eigenvalue weighted by molar-refractivity contribution is 6.05. The summed E-state index contributed by atoms with van der Waals surface area (Å²) in [4.78, 5) is 16.6. The fourth-order valence-corrected chi connectivity index (χ4v) is 3.59. The Morgan fingerprint density at radius 3 is 2.72 bits per heavy atom. The molecule has 3 N–H and O–H groups in total. The normalized spacial score (nSPS) is 26.3. The van der Waals surface area contributed by atoms with Crippen LogP contribution < -0.4 is 5.32 Å². The molecule has 0 spiro atoms. The molecular weight excluding hydrogens is 374 g/mol. The van der Waals surface area contributed by atoms with E-state index in [2.05, 4.69) is 15.4 Å². The van der Waals surface area contributed by atoms with Crippen molar-refractivity contribution in [3.05, 3.63) is 60.0 Å². The van der Waals surface area contributed by atoms with Crippen molar-refractivity contribution in [3.63, 3.8) is 0 Å². The van der Waals surface area contributed by atoms with Crippen LogP contribution in [0.1, 0.15) is 29.4 Å². The molecule has 0 saturated carbocycles. The van der Waals surface area contributed by atoms with Gasteiger partial charge in [0.15, 0.2) is 5.82 Å². The van der Waals surface area contributed by atoms with E-state index in [1.165, 1.54) is 10.8 Å². The van der Waals surface area contributed by atoms with Crippen molar-refractivity contribution in [2.45, 2.75) is 37.3 Å². The summed E-state index contributed by atoms with van der Waals surface area (Å²) >= 11 is 0. The number of fused-ring (bicyclic) bond motifs is 1. The molecule has 0 unspecified atom stereocenters. The van der Waals surface area contributed by atoms with Gasteiger partial charge in [-0.25, -0.2) is 9.50 Å². The van der Waals surface area contributed by atoms with E-state index in [1.807, 2.05) is 12.1 Å². The first-order chi connectivity index (χ1) is 14.0. The minimum Gasteiger partial charge on any atom is -0.388 e. The van der Waals surface area contributed by atoms with Gasteiger partial charge in [-0.2, -0.15) is 10.4 Å². The number of hydrogen-bond acceptors (Lipinski definition) is 7. The fourth-order valence-electron chi connectivity index (χ4n) is 3.59. The summed E-state index contributed by atoms with van der Waals surface area (Å²) in [6, 6.07) is 13.9. The Balaban J connectivity index is 1.75. The number of rotatable bonds is 4. The summed E-state index contributed by atoms with van der Waals surface area (Å²) in [7, 11) is 0. The number of aliphatic hydroxyl groups is 2. The van der Waals surface area contributed by atoms with E-state index in [0.717, 1.165) is 0 Å². The third-order valence-corrected chi connectivity index (χ3v) is 5.13. The van der Waals surface area contributed by atoms with E-state index < -0.39 is 23.9 Å². The molecular formula is C20H19N5O4. The lowest BCUT2D eigenvalue weighted by atomic mass is 9.92. The third kappa shape index (κ3) is 2.94. The Morgan fingerprint density at radius 2 is 2.07 bits per heavy atom. The number of carbonyl (C=O) groups is 1. The van der Waals surface area contributed by atoms with Crippen molar-refractivity contribution in [2.24, 2.45) is 0 Å². The molecule has 1 saturated heterocycles. The number of benzene rings is 1. The van der Waals surface area contributed by atoms with Crippen molar-refractivity contribution in [3.8, 4) is 6.07 Å². The third-order valence-electron chi connectivity index (χ3n) is 5.13. The van der Waals surface area contributed by atoms with Crippen molar-refractivity contribution >= 4 is 17.2 Å². The van der Waals surface area contributed by atoms with Crippen LogP contribution >= 0.6 is 0 Å². The molecule has 0 bridgehead atoms. The number of aromatic nitrogens is 3. The molecule has 2 aromatic heterocycles. The van der Waals surface area contributed by atoms with Crippen LogP contribution in [0.25, 0.3) is 5.52 Å². The van der Waals surface area contributed by atoms with Crippen LogP contribution in [0.15, 0.2) is 48.8 Å². The maximum absolute atomic E-state index is 12.5. The highest BCUT2D eigenvalue weighted by Gasteiger charge is 2.56. The lowest BCUT2D eigenvalue weighted by molar-refractivity contribution is -0.0510. The second-order valence-corrected chi connectivity index (χ2v) is 6.79. The summed E-state index contributed by atoms with van der Waals surface area (Å²) in [5.41, 5.74) is -0.656. The minimum atomic E-state index is -1.79. The molecule has 1 fully saturated rings. The predicted octanol–water partition coefficient (Wildman–Crippen LogP) is 1.23. The second kappa shape index (κ2) is 7.25. The molecule has 4 rings (SSSR count). The van der Waals surface area contributed by atoms with Crippen molar-refractivity contribution in [1.82, 2.24) is 14.6 Å². The summed E-state index contributed by atoms with van der Waals surface area (Å²) in [5, 5.41) is 37.6. The van der Waals surface area contributed by atoms with E-state index in [1.54, 1.807) is 43.3 Å². The molecule has 3 heterocycles. The van der Waals surface area contributed by atoms with Gasteiger partial charge < -0.3 is 20.3 Å². The first kappa shape index (κ1) is 19.0. The Kier molecular flexibility index (Phi) is 4.76. The van der Waals surface area contributed by atoms with Gasteiger partial charge in [0.05, 0.1) is 11.8 Å². The number of nitriles is 1. The first-order valence-electron chi connectivity index (χ1n) is 9.16. The molecule has 1 amide bonds. The largest absolute Gasteiger partial charge is 0.388 e.